The number of ether oxygens (including phenoxy) is 1. The van der Waals surface area contributed by atoms with Gasteiger partial charge in [0.25, 0.3) is 11.8 Å². The zero-order valence-electron chi connectivity index (χ0n) is 11.7. The lowest BCUT2D eigenvalue weighted by atomic mass is 9.94. The number of ketones is 1. The molecule has 3 heterocycles. The molecule has 5 heteroatoms. The van der Waals surface area contributed by atoms with Gasteiger partial charge in [0.05, 0.1) is 23.5 Å². The first kappa shape index (κ1) is 11.9. The largest absolute Gasteiger partial charge is 0.329 e. The van der Waals surface area contributed by atoms with Crippen LogP contribution >= 0.6 is 0 Å². The fraction of sp³-hybridized carbons (Fsp3) is 0.176. The van der Waals surface area contributed by atoms with Gasteiger partial charge in [-0.3, -0.25) is 14.5 Å². The van der Waals surface area contributed by atoms with Crippen molar-refractivity contribution in [3.05, 3.63) is 59.7 Å². The van der Waals surface area contributed by atoms with Crippen LogP contribution in [0.15, 0.2) is 48.5 Å². The number of hydrogen-bond donors (Lipinski definition) is 0. The molecule has 0 aromatic heterocycles. The van der Waals surface area contributed by atoms with Gasteiger partial charge in [-0.25, -0.2) is 0 Å². The topological polar surface area (TPSA) is 49.9 Å². The second-order valence-corrected chi connectivity index (χ2v) is 5.61. The highest BCUT2D eigenvalue weighted by atomic mass is 16.6. The molecule has 1 saturated heterocycles. The molecule has 3 aliphatic heterocycles. The lowest BCUT2D eigenvalue weighted by Gasteiger charge is -2.40. The Balaban J connectivity index is 1.86. The van der Waals surface area contributed by atoms with E-state index in [-0.39, 0.29) is 11.7 Å². The highest BCUT2D eigenvalue weighted by molar-refractivity contribution is 6.27. The van der Waals surface area contributed by atoms with Crippen LogP contribution in [0.5, 0.6) is 0 Å². The third-order valence-electron chi connectivity index (χ3n) is 4.60. The monoisotopic (exact) mass is 292 g/mol. The molecule has 2 aromatic carbocycles. The summed E-state index contributed by atoms with van der Waals surface area (Å²) in [5.41, 5.74) is 2.47. The van der Waals surface area contributed by atoms with E-state index in [2.05, 4.69) is 0 Å². The Kier molecular flexibility index (Phi) is 2.04. The van der Waals surface area contributed by atoms with Gasteiger partial charge in [-0.15, -0.1) is 0 Å². The molecule has 0 N–H and O–H groups in total. The predicted molar refractivity (Wildman–Crippen MR) is 80.1 cm³/mol. The number of benzene rings is 2. The van der Waals surface area contributed by atoms with Gasteiger partial charge in [-0.2, -0.15) is 0 Å². The first-order chi connectivity index (χ1) is 10.7. The number of amides is 1. The Labute approximate surface area is 126 Å². The van der Waals surface area contributed by atoms with Gasteiger partial charge < -0.3 is 9.64 Å². The second kappa shape index (κ2) is 3.75. The van der Waals surface area contributed by atoms with E-state index < -0.39 is 5.85 Å². The van der Waals surface area contributed by atoms with E-state index >= 15 is 0 Å². The summed E-state index contributed by atoms with van der Waals surface area (Å²) in [6.07, 6.45) is 0. The normalized spacial score (nSPS) is 24.9. The van der Waals surface area contributed by atoms with Crippen LogP contribution in [-0.2, 0) is 4.74 Å². The molecule has 108 valence electrons. The van der Waals surface area contributed by atoms with Gasteiger partial charge in [0.1, 0.15) is 0 Å². The Morgan fingerprint density at radius 3 is 2.41 bits per heavy atom. The van der Waals surface area contributed by atoms with Crippen molar-refractivity contribution in [3.63, 3.8) is 0 Å². The first-order valence-electron chi connectivity index (χ1n) is 7.24. The number of carbonyl (C=O) groups is 2. The van der Waals surface area contributed by atoms with E-state index in [9.17, 15) is 9.59 Å². The van der Waals surface area contributed by atoms with Crippen LogP contribution in [-0.4, -0.2) is 30.7 Å². The molecule has 1 spiro atoms. The fourth-order valence-corrected chi connectivity index (χ4v) is 3.72. The van der Waals surface area contributed by atoms with Crippen LogP contribution in [0.25, 0.3) is 0 Å². The van der Waals surface area contributed by atoms with Crippen molar-refractivity contribution in [2.45, 2.75) is 5.85 Å². The minimum Gasteiger partial charge on any atom is -0.329 e. The van der Waals surface area contributed by atoms with Gasteiger partial charge in [-0.05, 0) is 18.2 Å². The van der Waals surface area contributed by atoms with Gasteiger partial charge in [0, 0.05) is 12.1 Å². The van der Waals surface area contributed by atoms with Crippen molar-refractivity contribution in [1.82, 2.24) is 0 Å². The molecular weight excluding hydrogens is 280 g/mol. The van der Waals surface area contributed by atoms with Crippen LogP contribution < -0.4 is 9.80 Å². The average Bonchev–Trinajstić information content (AvgIpc) is 3.09. The minimum atomic E-state index is -1.34. The third kappa shape index (κ3) is 1.12. The first-order valence-corrected chi connectivity index (χ1v) is 7.24. The molecular formula is C17H12N2O3. The van der Waals surface area contributed by atoms with Crippen LogP contribution in [0.2, 0.25) is 0 Å². The summed E-state index contributed by atoms with van der Waals surface area (Å²) in [5, 5.41) is 0. The van der Waals surface area contributed by atoms with Crippen molar-refractivity contribution in [2.24, 2.45) is 0 Å². The second-order valence-electron chi connectivity index (χ2n) is 5.61. The molecule has 22 heavy (non-hydrogen) atoms. The Hall–Kier alpha value is -2.66. The minimum absolute atomic E-state index is 0.170. The number of nitrogens with zero attached hydrogens (tertiary/aromatic N) is 2. The Bertz CT molecular complexity index is 847. The molecule has 1 atom stereocenters. The fourth-order valence-electron chi connectivity index (χ4n) is 3.72. The van der Waals surface area contributed by atoms with Gasteiger partial charge in [-0.1, -0.05) is 30.3 Å². The summed E-state index contributed by atoms with van der Waals surface area (Å²) in [6, 6.07) is 14.5. The molecule has 1 amide bonds. The lowest BCUT2D eigenvalue weighted by Crippen LogP contribution is -2.65. The average molecular weight is 292 g/mol. The number of rotatable bonds is 0. The summed E-state index contributed by atoms with van der Waals surface area (Å²) < 4.78 is 5.87. The van der Waals surface area contributed by atoms with Gasteiger partial charge >= 0.3 is 0 Å². The lowest BCUT2D eigenvalue weighted by molar-refractivity contribution is 0.0115. The third-order valence-corrected chi connectivity index (χ3v) is 4.60. The summed E-state index contributed by atoms with van der Waals surface area (Å²) >= 11 is 0. The molecule has 0 bridgehead atoms. The van der Waals surface area contributed by atoms with Crippen LogP contribution in [0.4, 0.5) is 11.4 Å². The maximum Gasteiger partial charge on any atom is 0.295 e. The number of para-hydroxylation sites is 2. The summed E-state index contributed by atoms with van der Waals surface area (Å²) in [5.74, 6) is -1.70. The maximum absolute atomic E-state index is 13.2. The molecule has 0 radical (unpaired) electrons. The molecule has 0 saturated carbocycles. The van der Waals surface area contributed by atoms with E-state index in [0.717, 1.165) is 11.4 Å². The highest BCUT2D eigenvalue weighted by Gasteiger charge is 2.64. The van der Waals surface area contributed by atoms with Crippen LogP contribution in [0.1, 0.15) is 20.7 Å². The Morgan fingerprint density at radius 1 is 0.909 bits per heavy atom. The standard InChI is InChI=1S/C17H12N2O3/c20-15-11-5-1-2-6-12(11)16(21)19-14-8-4-3-7-13(14)18-9-10-22-17(15,18)19/h1-8H,9-10H2. The van der Waals surface area contributed by atoms with E-state index in [1.54, 1.807) is 24.3 Å². The maximum atomic E-state index is 13.2. The van der Waals surface area contributed by atoms with Crippen molar-refractivity contribution in [1.29, 1.82) is 0 Å². The van der Waals surface area contributed by atoms with Gasteiger partial charge in [0.2, 0.25) is 5.78 Å². The van der Waals surface area contributed by atoms with E-state index in [1.165, 1.54) is 4.90 Å². The molecule has 1 fully saturated rings. The van der Waals surface area contributed by atoms with E-state index in [4.69, 9.17) is 4.74 Å². The number of carbonyl (C=O) groups excluding carboxylic acids is 2. The van der Waals surface area contributed by atoms with Crippen molar-refractivity contribution >= 4 is 23.1 Å². The predicted octanol–water partition coefficient (Wildman–Crippen LogP) is 2.03. The summed E-state index contributed by atoms with van der Waals surface area (Å²) in [4.78, 5) is 29.6. The molecule has 2 aromatic rings. The van der Waals surface area contributed by atoms with Crippen LogP contribution in [0, 0.1) is 0 Å². The number of hydrogen-bond acceptors (Lipinski definition) is 4. The number of anilines is 2. The number of Topliss-reactive ketones (excluding diaryl/α,β-unsaturated/α-hetero) is 1. The molecule has 5 nitrogen and oxygen atoms in total. The molecule has 0 aliphatic carbocycles. The zero-order chi connectivity index (χ0) is 14.9. The molecule has 3 aliphatic rings. The number of fused-ring (bicyclic) bond motifs is 4. The molecule has 1 unspecified atom stereocenters. The summed E-state index contributed by atoms with van der Waals surface area (Å²) in [7, 11) is 0. The van der Waals surface area contributed by atoms with E-state index in [1.807, 2.05) is 29.2 Å². The zero-order valence-corrected chi connectivity index (χ0v) is 11.7. The summed E-state index contributed by atoms with van der Waals surface area (Å²) in [6.45, 7) is 1.01. The van der Waals surface area contributed by atoms with Crippen LogP contribution in [0.3, 0.4) is 0 Å². The smallest absolute Gasteiger partial charge is 0.295 e. The van der Waals surface area contributed by atoms with Crippen molar-refractivity contribution < 1.29 is 14.3 Å². The molecule has 5 rings (SSSR count). The van der Waals surface area contributed by atoms with E-state index in [0.29, 0.717) is 24.3 Å². The highest BCUT2D eigenvalue weighted by Crippen LogP contribution is 2.51. The van der Waals surface area contributed by atoms with Crippen molar-refractivity contribution in [3.8, 4) is 0 Å². The van der Waals surface area contributed by atoms with Crippen molar-refractivity contribution in [2.75, 3.05) is 23.0 Å². The SMILES string of the molecule is O=C1c2ccccc2C(=O)C23OCCN2c2ccccc2N13. The quantitative estimate of drug-likeness (QED) is 0.745. The van der Waals surface area contributed by atoms with Gasteiger partial charge in [0.15, 0.2) is 0 Å². The Morgan fingerprint density at radius 2 is 1.59 bits per heavy atom.